The number of nitrogens with one attached hydrogen (secondary N) is 3. The van der Waals surface area contributed by atoms with Crippen LogP contribution in [0.4, 0.5) is 15.8 Å². The molecule has 1 atom stereocenters. The minimum absolute atomic E-state index is 0.0602. The third kappa shape index (κ3) is 6.42. The smallest absolute Gasteiger partial charge is 0.254 e. The predicted molar refractivity (Wildman–Crippen MR) is 152 cm³/mol. The molecule has 0 aromatic heterocycles. The zero-order chi connectivity index (χ0) is 27.9. The molecule has 0 bridgehead atoms. The van der Waals surface area contributed by atoms with E-state index in [9.17, 15) is 19.2 Å². The van der Waals surface area contributed by atoms with Gasteiger partial charge in [-0.3, -0.25) is 9.59 Å². The molecule has 0 saturated carbocycles. The van der Waals surface area contributed by atoms with E-state index in [2.05, 4.69) is 22.0 Å². The number of halogens is 2. The standard InChI is InChI=1S/C29H24ClFN4O3S/c1-17-26(28(37)35-23-12-5-6-13-24(23)38-2)27(20-10-3-4-11-22(20)30)21(15-32)29(33-17)39-16-25(36)34-19-9-7-8-18(31)14-19/h3-14,27,33H,16H2,1-2H3,(H,34,36)(H,35,37). The Morgan fingerprint density at radius 2 is 1.85 bits per heavy atom. The Kier molecular flexibility index (Phi) is 8.92. The number of methoxy groups -OCH3 is 1. The zero-order valence-electron chi connectivity index (χ0n) is 21.0. The minimum atomic E-state index is -0.798. The molecule has 1 aliphatic heterocycles. The summed E-state index contributed by atoms with van der Waals surface area (Å²) < 4.78 is 18.9. The number of nitrogens with zero attached hydrogens (tertiary/aromatic N) is 1. The quantitative estimate of drug-likeness (QED) is 0.302. The van der Waals surface area contributed by atoms with E-state index in [-0.39, 0.29) is 17.2 Å². The second-order valence-electron chi connectivity index (χ2n) is 8.47. The molecule has 1 aliphatic rings. The molecule has 0 radical (unpaired) electrons. The number of hydrogen-bond donors (Lipinski definition) is 3. The van der Waals surface area contributed by atoms with Gasteiger partial charge in [-0.2, -0.15) is 5.26 Å². The minimum Gasteiger partial charge on any atom is -0.495 e. The largest absolute Gasteiger partial charge is 0.495 e. The average molecular weight is 563 g/mol. The molecule has 4 rings (SSSR count). The second-order valence-corrected chi connectivity index (χ2v) is 9.87. The summed E-state index contributed by atoms with van der Waals surface area (Å²) in [4.78, 5) is 26.3. The third-order valence-electron chi connectivity index (χ3n) is 5.92. The lowest BCUT2D eigenvalue weighted by Crippen LogP contribution is -2.31. The zero-order valence-corrected chi connectivity index (χ0v) is 22.6. The van der Waals surface area contributed by atoms with Crippen molar-refractivity contribution in [2.75, 3.05) is 23.5 Å². The number of hydrogen-bond acceptors (Lipinski definition) is 6. The van der Waals surface area contributed by atoms with E-state index in [4.69, 9.17) is 16.3 Å². The average Bonchev–Trinajstić information content (AvgIpc) is 2.92. The molecular formula is C29H24ClFN4O3S. The van der Waals surface area contributed by atoms with Crippen LogP contribution in [0, 0.1) is 17.1 Å². The van der Waals surface area contributed by atoms with Crippen molar-refractivity contribution < 1.29 is 18.7 Å². The molecule has 3 N–H and O–H groups in total. The van der Waals surface area contributed by atoms with Gasteiger partial charge >= 0.3 is 0 Å². The number of carbonyl (C=O) groups is 2. The number of dihydropyridines is 1. The maximum absolute atomic E-state index is 13.7. The van der Waals surface area contributed by atoms with Crippen molar-refractivity contribution in [3.05, 3.63) is 111 Å². The number of anilines is 2. The summed E-state index contributed by atoms with van der Waals surface area (Å²) in [5.41, 5.74) is 2.41. The van der Waals surface area contributed by atoms with E-state index >= 15 is 0 Å². The maximum atomic E-state index is 13.7. The van der Waals surface area contributed by atoms with Gasteiger partial charge in [0.15, 0.2) is 0 Å². The lowest BCUT2D eigenvalue weighted by Gasteiger charge is -2.30. The molecular weight excluding hydrogens is 539 g/mol. The summed E-state index contributed by atoms with van der Waals surface area (Å²) in [5, 5.41) is 19.7. The van der Waals surface area contributed by atoms with Gasteiger partial charge in [-0.15, -0.1) is 0 Å². The summed E-state index contributed by atoms with van der Waals surface area (Å²) >= 11 is 7.66. The number of ether oxygens (including phenoxy) is 1. The lowest BCUT2D eigenvalue weighted by molar-refractivity contribution is -0.114. The summed E-state index contributed by atoms with van der Waals surface area (Å²) in [6.07, 6.45) is 0. The van der Waals surface area contributed by atoms with Crippen molar-refractivity contribution in [1.29, 1.82) is 5.26 Å². The molecule has 0 aliphatic carbocycles. The van der Waals surface area contributed by atoms with Gasteiger partial charge in [0.2, 0.25) is 5.91 Å². The number of nitriles is 1. The van der Waals surface area contributed by atoms with Crippen molar-refractivity contribution in [3.63, 3.8) is 0 Å². The van der Waals surface area contributed by atoms with Crippen molar-refractivity contribution in [1.82, 2.24) is 5.32 Å². The monoisotopic (exact) mass is 562 g/mol. The van der Waals surface area contributed by atoms with Crippen molar-refractivity contribution in [3.8, 4) is 11.8 Å². The van der Waals surface area contributed by atoms with E-state index < -0.39 is 17.6 Å². The molecule has 0 fully saturated rings. The van der Waals surface area contributed by atoms with Crippen molar-refractivity contribution in [2.45, 2.75) is 12.8 Å². The highest BCUT2D eigenvalue weighted by Gasteiger charge is 2.36. The molecule has 3 aromatic carbocycles. The van der Waals surface area contributed by atoms with Gasteiger partial charge in [-0.1, -0.05) is 59.8 Å². The van der Waals surface area contributed by atoms with Gasteiger partial charge in [-0.05, 0) is 48.9 Å². The molecule has 3 aromatic rings. The van der Waals surface area contributed by atoms with Crippen LogP contribution in [0.1, 0.15) is 18.4 Å². The van der Waals surface area contributed by atoms with E-state index in [1.807, 2.05) is 0 Å². The Morgan fingerprint density at radius 1 is 1.10 bits per heavy atom. The van der Waals surface area contributed by atoms with Crippen LogP contribution in [0.15, 0.2) is 94.7 Å². The molecule has 10 heteroatoms. The Bertz CT molecular complexity index is 1530. The normalized spacial score (nSPS) is 14.8. The molecule has 1 heterocycles. The molecule has 7 nitrogen and oxygen atoms in total. The van der Waals surface area contributed by atoms with Crippen LogP contribution in [0.25, 0.3) is 0 Å². The molecule has 198 valence electrons. The Balaban J connectivity index is 1.66. The summed E-state index contributed by atoms with van der Waals surface area (Å²) in [7, 11) is 1.51. The number of para-hydroxylation sites is 2. The fraction of sp³-hybridized carbons (Fsp3) is 0.138. The first-order valence-corrected chi connectivity index (χ1v) is 13.2. The number of carbonyl (C=O) groups excluding carboxylic acids is 2. The molecule has 0 spiro atoms. The molecule has 39 heavy (non-hydrogen) atoms. The number of rotatable bonds is 8. The van der Waals surface area contributed by atoms with Crippen LogP contribution < -0.4 is 20.7 Å². The number of thioether (sulfide) groups is 1. The van der Waals surface area contributed by atoms with Gasteiger partial charge in [0.05, 0.1) is 41.1 Å². The first-order chi connectivity index (χ1) is 18.8. The third-order valence-corrected chi connectivity index (χ3v) is 7.28. The summed E-state index contributed by atoms with van der Waals surface area (Å²) in [6, 6.07) is 21.8. The van der Waals surface area contributed by atoms with Gasteiger partial charge in [0, 0.05) is 22.0 Å². The highest BCUT2D eigenvalue weighted by atomic mass is 35.5. The Hall–Kier alpha value is -4.26. The van der Waals surface area contributed by atoms with Crippen molar-refractivity contribution in [2.24, 2.45) is 0 Å². The molecule has 2 amide bonds. The predicted octanol–water partition coefficient (Wildman–Crippen LogP) is 6.19. The summed E-state index contributed by atoms with van der Waals surface area (Å²) in [6.45, 7) is 1.72. The fourth-order valence-corrected chi connectivity index (χ4v) is 5.32. The molecule has 0 saturated heterocycles. The maximum Gasteiger partial charge on any atom is 0.254 e. The van der Waals surface area contributed by atoms with E-state index in [0.29, 0.717) is 44.0 Å². The number of amides is 2. The van der Waals surface area contributed by atoms with Gasteiger partial charge in [-0.25, -0.2) is 4.39 Å². The van der Waals surface area contributed by atoms with E-state index in [0.717, 1.165) is 11.8 Å². The highest BCUT2D eigenvalue weighted by molar-refractivity contribution is 8.03. The van der Waals surface area contributed by atoms with Crippen LogP contribution in [0.3, 0.4) is 0 Å². The Morgan fingerprint density at radius 3 is 2.56 bits per heavy atom. The van der Waals surface area contributed by atoms with Crippen LogP contribution in [0.5, 0.6) is 5.75 Å². The van der Waals surface area contributed by atoms with Crippen LogP contribution in [-0.4, -0.2) is 24.7 Å². The lowest BCUT2D eigenvalue weighted by atomic mass is 9.82. The van der Waals surface area contributed by atoms with Crippen molar-refractivity contribution >= 4 is 46.6 Å². The Labute approximate surface area is 234 Å². The van der Waals surface area contributed by atoms with Crippen LogP contribution >= 0.6 is 23.4 Å². The van der Waals surface area contributed by atoms with E-state index in [1.165, 1.54) is 25.3 Å². The first kappa shape index (κ1) is 27.8. The number of benzene rings is 3. The van der Waals surface area contributed by atoms with Gasteiger partial charge in [0.1, 0.15) is 11.6 Å². The second kappa shape index (κ2) is 12.5. The van der Waals surface area contributed by atoms with Gasteiger partial charge < -0.3 is 20.7 Å². The molecule has 1 unspecified atom stereocenters. The SMILES string of the molecule is COc1ccccc1NC(=O)C1=C(C)NC(SCC(=O)Nc2cccc(F)c2)=C(C#N)C1c1ccccc1Cl. The van der Waals surface area contributed by atoms with Gasteiger partial charge in [0.25, 0.3) is 5.91 Å². The highest BCUT2D eigenvalue weighted by Crippen LogP contribution is 2.43. The topological polar surface area (TPSA) is 103 Å². The first-order valence-electron chi connectivity index (χ1n) is 11.8. The number of allylic oxidation sites excluding steroid dienone is 2. The summed E-state index contributed by atoms with van der Waals surface area (Å²) in [5.74, 6) is -1.66. The van der Waals surface area contributed by atoms with Crippen LogP contribution in [-0.2, 0) is 9.59 Å². The van der Waals surface area contributed by atoms with Crippen LogP contribution in [0.2, 0.25) is 5.02 Å². The fourth-order valence-electron chi connectivity index (χ4n) is 4.19. The van der Waals surface area contributed by atoms with E-state index in [1.54, 1.807) is 61.5 Å².